The lowest BCUT2D eigenvalue weighted by molar-refractivity contribution is -0.172. The van der Waals surface area contributed by atoms with Crippen LogP contribution in [0.2, 0.25) is 0 Å². The van der Waals surface area contributed by atoms with Crippen molar-refractivity contribution in [2.75, 3.05) is 26.8 Å². The number of alkyl halides is 3. The molecule has 0 saturated carbocycles. The maximum atomic E-state index is 13.4. The number of aliphatic hydroxyl groups excluding tert-OH is 2. The van der Waals surface area contributed by atoms with Gasteiger partial charge in [-0.3, -0.25) is 19.2 Å². The standard InChI is InChI=1S/C23H25F3N2O8/c1-3-15(31)22(34)28(10-23(24,25)26)14-8-13(21(33)27-4-5-29)17-12-6-11(9-30)7-16(35-2)19(12)36-20(17)18(14)32/h6-9,14,17-18,20,29,32H,3-5,10H2,1-2H3,(H,27,33). The first-order chi connectivity index (χ1) is 17.0. The maximum Gasteiger partial charge on any atom is 0.406 e. The summed E-state index contributed by atoms with van der Waals surface area (Å²) in [5.74, 6) is -4.28. The number of amides is 2. The Balaban J connectivity index is 2.18. The second kappa shape index (κ2) is 10.7. The monoisotopic (exact) mass is 514 g/mol. The number of hydrogen-bond acceptors (Lipinski definition) is 8. The number of benzene rings is 1. The SMILES string of the molecule is CCC(=O)C(=O)N(CC(F)(F)F)C1C=C(C(=O)NCCO)C2c3cc(C=O)cc(OC)c3OC2C1O. The fourth-order valence-corrected chi connectivity index (χ4v) is 4.38. The molecule has 2 amide bonds. The Hall–Kier alpha value is -3.45. The lowest BCUT2D eigenvalue weighted by atomic mass is 9.77. The molecule has 4 atom stereocenters. The van der Waals surface area contributed by atoms with E-state index in [-0.39, 0.29) is 46.1 Å². The van der Waals surface area contributed by atoms with E-state index in [1.54, 1.807) is 0 Å². The number of aliphatic hydroxyl groups is 2. The van der Waals surface area contributed by atoms with Gasteiger partial charge in [0.05, 0.1) is 25.7 Å². The Bertz CT molecular complexity index is 1090. The van der Waals surface area contributed by atoms with E-state index < -0.39 is 61.1 Å². The summed E-state index contributed by atoms with van der Waals surface area (Å²) in [5, 5.41) is 22.6. The third-order valence-corrected chi connectivity index (χ3v) is 5.94. The average molecular weight is 514 g/mol. The van der Waals surface area contributed by atoms with Gasteiger partial charge in [0.1, 0.15) is 25.0 Å². The summed E-state index contributed by atoms with van der Waals surface area (Å²) in [6.45, 7) is -1.17. The molecule has 0 aromatic heterocycles. The largest absolute Gasteiger partial charge is 0.493 e. The lowest BCUT2D eigenvalue weighted by Gasteiger charge is -2.40. The number of halogens is 3. The van der Waals surface area contributed by atoms with Gasteiger partial charge in [-0.2, -0.15) is 13.2 Å². The summed E-state index contributed by atoms with van der Waals surface area (Å²) in [5.41, 5.74) is 0.253. The molecule has 0 spiro atoms. The lowest BCUT2D eigenvalue weighted by Crippen LogP contribution is -2.58. The van der Waals surface area contributed by atoms with E-state index in [2.05, 4.69) is 5.32 Å². The first-order valence-electron chi connectivity index (χ1n) is 11.0. The normalized spacial score (nSPS) is 22.5. The zero-order valence-corrected chi connectivity index (χ0v) is 19.4. The van der Waals surface area contributed by atoms with Crippen LogP contribution in [0.4, 0.5) is 13.2 Å². The van der Waals surface area contributed by atoms with Crippen LogP contribution >= 0.6 is 0 Å². The smallest absolute Gasteiger partial charge is 0.406 e. The quantitative estimate of drug-likeness (QED) is 0.320. The molecule has 1 aliphatic heterocycles. The number of carbonyl (C=O) groups is 4. The molecule has 0 saturated heterocycles. The highest BCUT2D eigenvalue weighted by atomic mass is 19.4. The van der Waals surface area contributed by atoms with Crippen molar-refractivity contribution in [1.82, 2.24) is 10.2 Å². The van der Waals surface area contributed by atoms with Crippen LogP contribution in [0.5, 0.6) is 11.5 Å². The van der Waals surface area contributed by atoms with Crippen molar-refractivity contribution in [3.8, 4) is 11.5 Å². The number of methoxy groups -OCH3 is 1. The first-order valence-corrected chi connectivity index (χ1v) is 11.0. The highest BCUT2D eigenvalue weighted by Gasteiger charge is 2.53. The van der Waals surface area contributed by atoms with Crippen molar-refractivity contribution < 1.29 is 52.0 Å². The number of ketones is 1. The van der Waals surface area contributed by atoms with Crippen molar-refractivity contribution in [2.45, 2.75) is 43.7 Å². The number of nitrogens with zero attached hydrogens (tertiary/aromatic N) is 1. The molecule has 196 valence electrons. The van der Waals surface area contributed by atoms with Gasteiger partial charge < -0.3 is 29.9 Å². The van der Waals surface area contributed by atoms with Crippen LogP contribution < -0.4 is 14.8 Å². The Kier molecular flexibility index (Phi) is 8.04. The van der Waals surface area contributed by atoms with Gasteiger partial charge in [0.15, 0.2) is 11.5 Å². The molecule has 4 unspecified atom stereocenters. The summed E-state index contributed by atoms with van der Waals surface area (Å²) in [6, 6.07) is 0.993. The molecule has 3 N–H and O–H groups in total. The highest BCUT2D eigenvalue weighted by Crippen LogP contribution is 2.51. The number of Topliss-reactive ketones (excluding diaryl/α,β-unsaturated/α-hetero) is 1. The van der Waals surface area contributed by atoms with Gasteiger partial charge in [0.2, 0.25) is 11.7 Å². The number of ether oxygens (including phenoxy) is 2. The van der Waals surface area contributed by atoms with Gasteiger partial charge in [0, 0.05) is 29.7 Å². The van der Waals surface area contributed by atoms with E-state index in [0.717, 1.165) is 6.08 Å². The molecule has 1 heterocycles. The number of nitrogens with one attached hydrogen (secondary N) is 1. The molecular weight excluding hydrogens is 489 g/mol. The molecule has 13 heteroatoms. The number of fused-ring (bicyclic) bond motifs is 3. The fraction of sp³-hybridized carbons (Fsp3) is 0.478. The molecule has 2 aliphatic rings. The van der Waals surface area contributed by atoms with Crippen LogP contribution in [-0.4, -0.2) is 90.2 Å². The predicted octanol–water partition coefficient (Wildman–Crippen LogP) is 0.500. The van der Waals surface area contributed by atoms with E-state index in [9.17, 15) is 37.5 Å². The van der Waals surface area contributed by atoms with Crippen LogP contribution in [-0.2, 0) is 14.4 Å². The number of hydrogen-bond donors (Lipinski definition) is 3. The molecule has 1 aromatic rings. The third kappa shape index (κ3) is 5.21. The molecule has 1 aromatic carbocycles. The molecule has 10 nitrogen and oxygen atoms in total. The van der Waals surface area contributed by atoms with Gasteiger partial charge in [-0.05, 0) is 18.2 Å². The fourth-order valence-electron chi connectivity index (χ4n) is 4.38. The second-order valence-corrected chi connectivity index (χ2v) is 8.23. The van der Waals surface area contributed by atoms with Gasteiger partial charge in [-0.25, -0.2) is 0 Å². The minimum Gasteiger partial charge on any atom is -0.493 e. The second-order valence-electron chi connectivity index (χ2n) is 8.23. The zero-order valence-electron chi connectivity index (χ0n) is 19.4. The van der Waals surface area contributed by atoms with Crippen molar-refractivity contribution in [3.63, 3.8) is 0 Å². The van der Waals surface area contributed by atoms with Crippen LogP contribution in [0.1, 0.15) is 35.2 Å². The Morgan fingerprint density at radius 1 is 1.28 bits per heavy atom. The topological polar surface area (TPSA) is 142 Å². The molecule has 0 radical (unpaired) electrons. The minimum atomic E-state index is -4.92. The van der Waals surface area contributed by atoms with E-state index in [1.807, 2.05) is 0 Å². The Labute approximate surface area is 203 Å². The average Bonchev–Trinajstić information content (AvgIpc) is 3.24. The van der Waals surface area contributed by atoms with Crippen molar-refractivity contribution in [1.29, 1.82) is 0 Å². The van der Waals surface area contributed by atoms with Crippen LogP contribution in [0.3, 0.4) is 0 Å². The van der Waals surface area contributed by atoms with E-state index >= 15 is 0 Å². The van der Waals surface area contributed by atoms with Gasteiger partial charge in [-0.1, -0.05) is 6.92 Å². The van der Waals surface area contributed by atoms with E-state index in [4.69, 9.17) is 14.6 Å². The van der Waals surface area contributed by atoms with Crippen LogP contribution in [0.25, 0.3) is 0 Å². The van der Waals surface area contributed by atoms with Crippen LogP contribution in [0, 0.1) is 0 Å². The Morgan fingerprint density at radius 2 is 1.97 bits per heavy atom. The summed E-state index contributed by atoms with van der Waals surface area (Å²) in [4.78, 5) is 49.3. The van der Waals surface area contributed by atoms with Gasteiger partial charge in [0.25, 0.3) is 5.91 Å². The molecule has 3 rings (SSSR count). The van der Waals surface area contributed by atoms with E-state index in [0.29, 0.717) is 6.29 Å². The van der Waals surface area contributed by atoms with E-state index in [1.165, 1.54) is 26.2 Å². The summed E-state index contributed by atoms with van der Waals surface area (Å²) in [7, 11) is 1.29. The molecular formula is C23H25F3N2O8. The number of aldehydes is 1. The van der Waals surface area contributed by atoms with Crippen molar-refractivity contribution in [3.05, 3.63) is 34.9 Å². The zero-order chi connectivity index (χ0) is 26.8. The Morgan fingerprint density at radius 3 is 2.53 bits per heavy atom. The summed E-state index contributed by atoms with van der Waals surface area (Å²) >= 11 is 0. The summed E-state index contributed by atoms with van der Waals surface area (Å²) < 4.78 is 51.3. The van der Waals surface area contributed by atoms with Gasteiger partial charge in [-0.15, -0.1) is 0 Å². The first kappa shape index (κ1) is 27.1. The number of rotatable bonds is 9. The predicted molar refractivity (Wildman–Crippen MR) is 117 cm³/mol. The number of carbonyl (C=O) groups excluding carboxylic acids is 4. The third-order valence-electron chi connectivity index (χ3n) is 5.94. The van der Waals surface area contributed by atoms with Gasteiger partial charge >= 0.3 is 6.18 Å². The van der Waals surface area contributed by atoms with Crippen molar-refractivity contribution >= 4 is 23.9 Å². The maximum absolute atomic E-state index is 13.4. The molecule has 1 aliphatic carbocycles. The molecule has 0 bridgehead atoms. The minimum absolute atomic E-state index is 0.0667. The van der Waals surface area contributed by atoms with Crippen LogP contribution in [0.15, 0.2) is 23.8 Å². The molecule has 36 heavy (non-hydrogen) atoms. The van der Waals surface area contributed by atoms with Crippen molar-refractivity contribution in [2.24, 2.45) is 0 Å². The summed E-state index contributed by atoms with van der Waals surface area (Å²) in [6.07, 6.45) is -6.94. The molecule has 0 fully saturated rings. The highest BCUT2D eigenvalue weighted by molar-refractivity contribution is 6.36.